The van der Waals surface area contributed by atoms with Gasteiger partial charge < -0.3 is 16.0 Å². The van der Waals surface area contributed by atoms with Gasteiger partial charge in [0.05, 0.1) is 39.6 Å². The Morgan fingerprint density at radius 3 is 2.59 bits per heavy atom. The minimum absolute atomic E-state index is 0.0572. The Kier molecular flexibility index (Phi) is 8.81. The number of carbonyl (C=O) groups is 2. The highest BCUT2D eigenvalue weighted by Gasteiger charge is 2.38. The van der Waals surface area contributed by atoms with Crippen LogP contribution in [0.4, 0.5) is 22.0 Å². The number of halogens is 6. The van der Waals surface area contributed by atoms with Crippen molar-refractivity contribution in [3.05, 3.63) is 81.7 Å². The standard InChI is InChI=1S/C28H27ClF5N5O2/c1-14-19(30)5-6-22(20-11-16(7-9-37-20)26(36-2)21(13-35)38-27(14)41)39-10-8-15(12-23(39)40)24-17(28(32,33)34)3-4-18(29)25(24)31/h3-4,7,9,11-14,19,22H,5-6,8,10,35H2,1-2H3,(H,38,41). The van der Waals surface area contributed by atoms with Crippen LogP contribution in [0, 0.1) is 11.7 Å². The second-order valence-corrected chi connectivity index (χ2v) is 10.1. The Bertz CT molecular complexity index is 1460. The molecule has 41 heavy (non-hydrogen) atoms. The molecule has 2 aliphatic heterocycles. The number of allylic oxidation sites excluding steroid dienone is 1. The zero-order valence-electron chi connectivity index (χ0n) is 22.1. The molecular weight excluding hydrogens is 569 g/mol. The third-order valence-corrected chi connectivity index (χ3v) is 7.56. The average molecular weight is 596 g/mol. The predicted molar refractivity (Wildman–Crippen MR) is 144 cm³/mol. The monoisotopic (exact) mass is 595 g/mol. The summed E-state index contributed by atoms with van der Waals surface area (Å²) in [4.78, 5) is 36.1. The lowest BCUT2D eigenvalue weighted by atomic mass is 9.91. The smallest absolute Gasteiger partial charge is 0.403 e. The molecule has 1 aromatic carbocycles. The van der Waals surface area contributed by atoms with Crippen molar-refractivity contribution in [2.24, 2.45) is 16.6 Å². The molecule has 2 bridgehead atoms. The normalized spacial score (nSPS) is 24.5. The lowest BCUT2D eigenvalue weighted by Crippen LogP contribution is -2.40. The van der Waals surface area contributed by atoms with E-state index in [1.807, 2.05) is 0 Å². The Morgan fingerprint density at radius 1 is 1.22 bits per heavy atom. The number of aliphatic imine (C=N–C) groups is 1. The maximum atomic E-state index is 15.2. The Morgan fingerprint density at radius 2 is 1.95 bits per heavy atom. The number of hydrogen-bond donors (Lipinski definition) is 2. The van der Waals surface area contributed by atoms with Crippen LogP contribution in [-0.4, -0.2) is 47.2 Å². The van der Waals surface area contributed by atoms with E-state index in [2.05, 4.69) is 15.3 Å². The van der Waals surface area contributed by atoms with Crippen molar-refractivity contribution >= 4 is 34.7 Å². The van der Waals surface area contributed by atoms with Crippen molar-refractivity contribution in [3.8, 4) is 0 Å². The van der Waals surface area contributed by atoms with Gasteiger partial charge >= 0.3 is 6.18 Å². The van der Waals surface area contributed by atoms with E-state index in [0.29, 0.717) is 23.0 Å². The topological polar surface area (TPSA) is 101 Å². The van der Waals surface area contributed by atoms with E-state index in [9.17, 15) is 27.2 Å². The molecule has 2 aromatic rings. The second-order valence-electron chi connectivity index (χ2n) is 9.74. The van der Waals surface area contributed by atoms with Crippen molar-refractivity contribution in [3.63, 3.8) is 0 Å². The molecule has 0 spiro atoms. The molecule has 7 nitrogen and oxygen atoms in total. The van der Waals surface area contributed by atoms with Crippen LogP contribution in [0.1, 0.15) is 54.6 Å². The first-order chi connectivity index (χ1) is 19.4. The molecule has 0 saturated heterocycles. The van der Waals surface area contributed by atoms with E-state index >= 15 is 4.39 Å². The number of rotatable bonds is 2. The molecular formula is C28H27ClF5N5O2. The quantitative estimate of drug-likeness (QED) is 0.457. The van der Waals surface area contributed by atoms with Gasteiger partial charge in [-0.25, -0.2) is 8.78 Å². The van der Waals surface area contributed by atoms with Gasteiger partial charge in [0.1, 0.15) is 12.0 Å². The van der Waals surface area contributed by atoms with E-state index in [0.717, 1.165) is 18.3 Å². The first-order valence-corrected chi connectivity index (χ1v) is 13.1. The first kappa shape index (κ1) is 30.2. The molecule has 0 saturated carbocycles. The van der Waals surface area contributed by atoms with Crippen LogP contribution >= 0.6 is 11.6 Å². The van der Waals surface area contributed by atoms with Crippen molar-refractivity contribution in [1.29, 1.82) is 0 Å². The van der Waals surface area contributed by atoms with Crippen LogP contribution in [0.25, 0.3) is 5.57 Å². The molecule has 3 heterocycles. The van der Waals surface area contributed by atoms with Crippen LogP contribution < -0.4 is 11.1 Å². The van der Waals surface area contributed by atoms with E-state index < -0.39 is 58.1 Å². The second kappa shape index (κ2) is 12.0. The number of nitrogens with one attached hydrogen (secondary N) is 1. The van der Waals surface area contributed by atoms with Gasteiger partial charge in [-0.05, 0) is 49.1 Å². The average Bonchev–Trinajstić information content (AvgIpc) is 2.93. The van der Waals surface area contributed by atoms with Crippen molar-refractivity contribution in [2.75, 3.05) is 13.6 Å². The maximum absolute atomic E-state index is 15.2. The number of alkyl halides is 4. The predicted octanol–water partition coefficient (Wildman–Crippen LogP) is 5.35. The third-order valence-electron chi connectivity index (χ3n) is 7.27. The lowest BCUT2D eigenvalue weighted by Gasteiger charge is -2.35. The van der Waals surface area contributed by atoms with Gasteiger partial charge in [-0.15, -0.1) is 0 Å². The number of hydrogen-bond acceptors (Lipinski definition) is 5. The van der Waals surface area contributed by atoms with Crippen LogP contribution in [0.3, 0.4) is 0 Å². The number of nitrogens with zero attached hydrogens (tertiary/aromatic N) is 3. The molecule has 2 amide bonds. The summed E-state index contributed by atoms with van der Waals surface area (Å²) in [5.74, 6) is -3.63. The largest absolute Gasteiger partial charge is 0.417 e. The fourth-order valence-electron chi connectivity index (χ4n) is 5.07. The van der Waals surface area contributed by atoms with Gasteiger partial charge in [-0.2, -0.15) is 13.2 Å². The number of aromatic nitrogens is 1. The Balaban J connectivity index is 1.78. The van der Waals surface area contributed by atoms with E-state index in [4.69, 9.17) is 17.3 Å². The molecule has 2 aliphatic rings. The van der Waals surface area contributed by atoms with Gasteiger partial charge in [0, 0.05) is 43.2 Å². The fourth-order valence-corrected chi connectivity index (χ4v) is 5.22. The highest BCUT2D eigenvalue weighted by atomic mass is 35.5. The van der Waals surface area contributed by atoms with Crippen molar-refractivity contribution in [2.45, 2.75) is 44.6 Å². The zero-order valence-corrected chi connectivity index (χ0v) is 22.9. The highest BCUT2D eigenvalue weighted by molar-refractivity contribution is 6.31. The van der Waals surface area contributed by atoms with Gasteiger partial charge in [-0.1, -0.05) is 18.5 Å². The molecule has 0 aliphatic carbocycles. The molecule has 1 aromatic heterocycles. The SMILES string of the molecule is CN=C1C(=CN)NC(=O)C(C)C(F)CCC(N2CCC(c3c(C(F)(F)F)ccc(Cl)c3F)=CC2=O)c2cc1ccn2. The van der Waals surface area contributed by atoms with E-state index in [-0.39, 0.29) is 37.1 Å². The first-order valence-electron chi connectivity index (χ1n) is 12.7. The van der Waals surface area contributed by atoms with Crippen LogP contribution in [-0.2, 0) is 15.8 Å². The fraction of sp³-hybridized carbons (Fsp3) is 0.357. The van der Waals surface area contributed by atoms with E-state index in [1.54, 1.807) is 12.1 Å². The number of fused-ring (bicyclic) bond motifs is 2. The zero-order chi connectivity index (χ0) is 30.1. The van der Waals surface area contributed by atoms with Crippen molar-refractivity contribution < 1.29 is 31.5 Å². The van der Waals surface area contributed by atoms with E-state index in [1.165, 1.54) is 25.1 Å². The number of benzene rings is 1. The molecule has 0 radical (unpaired) electrons. The summed E-state index contributed by atoms with van der Waals surface area (Å²) in [6.07, 6.45) is -3.10. The highest BCUT2D eigenvalue weighted by Crippen LogP contribution is 2.41. The van der Waals surface area contributed by atoms with Gasteiger partial charge in [0.15, 0.2) is 0 Å². The van der Waals surface area contributed by atoms with Gasteiger partial charge in [0.25, 0.3) is 0 Å². The Hall–Kier alpha value is -3.80. The summed E-state index contributed by atoms with van der Waals surface area (Å²) in [5.41, 5.74) is 4.93. The lowest BCUT2D eigenvalue weighted by molar-refractivity contribution is -0.138. The molecule has 13 heteroatoms. The maximum Gasteiger partial charge on any atom is 0.417 e. The summed E-state index contributed by atoms with van der Waals surface area (Å²) >= 11 is 5.79. The van der Waals surface area contributed by atoms with Crippen LogP contribution in [0.2, 0.25) is 5.02 Å². The number of pyridine rings is 1. The summed E-state index contributed by atoms with van der Waals surface area (Å²) in [6.45, 7) is 1.33. The summed E-state index contributed by atoms with van der Waals surface area (Å²) < 4.78 is 71.2. The number of amides is 2. The van der Waals surface area contributed by atoms with Crippen molar-refractivity contribution in [1.82, 2.24) is 15.2 Å². The molecule has 0 fully saturated rings. The summed E-state index contributed by atoms with van der Waals surface area (Å²) in [6, 6.07) is 3.95. The minimum Gasteiger partial charge on any atom is -0.403 e. The molecule has 3 atom stereocenters. The van der Waals surface area contributed by atoms with Crippen LogP contribution in [0.15, 0.2) is 53.4 Å². The molecule has 218 valence electrons. The third kappa shape index (κ3) is 6.12. The minimum atomic E-state index is -4.88. The summed E-state index contributed by atoms with van der Waals surface area (Å²) in [5, 5.41) is 2.11. The van der Waals surface area contributed by atoms with Gasteiger partial charge in [0.2, 0.25) is 11.8 Å². The number of carbonyl (C=O) groups excluding carboxylic acids is 2. The summed E-state index contributed by atoms with van der Waals surface area (Å²) in [7, 11) is 1.49. The Labute approximate surface area is 238 Å². The van der Waals surface area contributed by atoms with Crippen LogP contribution in [0.5, 0.6) is 0 Å². The molecule has 3 N–H and O–H groups in total. The molecule has 3 unspecified atom stereocenters. The van der Waals surface area contributed by atoms with Gasteiger partial charge in [-0.3, -0.25) is 19.6 Å². The molecule has 4 rings (SSSR count). The number of nitrogens with two attached hydrogens (primary N) is 1.